The molecule has 0 fully saturated rings. The first-order valence-corrected chi connectivity index (χ1v) is 12.6. The van der Waals surface area contributed by atoms with E-state index in [9.17, 15) is 5.11 Å². The van der Waals surface area contributed by atoms with Crippen molar-refractivity contribution in [1.82, 2.24) is 0 Å². The van der Waals surface area contributed by atoms with E-state index in [0.717, 1.165) is 5.56 Å². The van der Waals surface area contributed by atoms with E-state index in [1.54, 1.807) is 12.1 Å². The zero-order valence-corrected chi connectivity index (χ0v) is 25.6. The standard InChI is InChI=1S/C13H10.C10H14O.C9H13.2ClH.Ti/c1-3-7-12(8-4-1)11-13-9-5-2-6-10-13;1-10(2,3)8-5-4-6-9(11)7-8;1-6-5-7(2)9(4)8(6)3;;;/h1-10H;4-7,11H,1-3H3;6H,1-4H3;2*1H;/q;;-1;;;+1. The Morgan fingerprint density at radius 2 is 1.25 bits per heavy atom. The molecule has 4 heteroatoms. The van der Waals surface area contributed by atoms with Gasteiger partial charge in [-0.15, -0.1) is 31.7 Å². The molecule has 36 heavy (non-hydrogen) atoms. The van der Waals surface area contributed by atoms with Gasteiger partial charge in [-0.3, -0.25) is 6.08 Å². The van der Waals surface area contributed by atoms with Gasteiger partial charge < -0.3 is 5.11 Å². The molecule has 3 aromatic rings. The van der Waals surface area contributed by atoms with E-state index in [4.69, 9.17) is 0 Å². The monoisotopic (exact) mass is 557 g/mol. The summed E-state index contributed by atoms with van der Waals surface area (Å²) >= 11 is 2.16. The Labute approximate surface area is 242 Å². The molecule has 1 unspecified atom stereocenters. The van der Waals surface area contributed by atoms with Gasteiger partial charge in [-0.25, -0.2) is 5.57 Å². The van der Waals surface area contributed by atoms with Crippen LogP contribution in [0.15, 0.2) is 102 Å². The van der Waals surface area contributed by atoms with Crippen molar-refractivity contribution in [2.45, 2.75) is 53.9 Å². The number of hydrogen-bond donors (Lipinski definition) is 1. The van der Waals surface area contributed by atoms with Gasteiger partial charge in [-0.1, -0.05) is 59.6 Å². The van der Waals surface area contributed by atoms with Gasteiger partial charge >= 0.3 is 95.6 Å². The van der Waals surface area contributed by atoms with Crippen LogP contribution < -0.4 is 0 Å². The van der Waals surface area contributed by atoms with Crippen LogP contribution in [0.3, 0.4) is 0 Å². The third kappa shape index (κ3) is 10.6. The first-order chi connectivity index (χ1) is 16.0. The van der Waals surface area contributed by atoms with Crippen LogP contribution in [0.2, 0.25) is 0 Å². The van der Waals surface area contributed by atoms with Gasteiger partial charge in [0.15, 0.2) is 0 Å². The van der Waals surface area contributed by atoms with E-state index in [2.05, 4.69) is 123 Å². The summed E-state index contributed by atoms with van der Waals surface area (Å²) in [6, 6.07) is 28.3. The number of hydrogen-bond acceptors (Lipinski definition) is 1. The molecule has 3 aromatic carbocycles. The second-order valence-corrected chi connectivity index (χ2v) is 10.5. The molecule has 1 aliphatic carbocycles. The fourth-order valence-corrected chi connectivity index (χ4v) is 4.03. The van der Waals surface area contributed by atoms with Crippen LogP contribution in [0.4, 0.5) is 0 Å². The van der Waals surface area contributed by atoms with Gasteiger partial charge in [0.1, 0.15) is 5.75 Å². The van der Waals surface area contributed by atoms with Gasteiger partial charge in [-0.05, 0) is 23.1 Å². The molecule has 0 bridgehead atoms. The third-order valence-corrected chi connectivity index (χ3v) is 6.98. The Hall–Kier alpha value is -1.90. The normalized spacial score (nSPS) is 14.1. The molecule has 0 aromatic heterocycles. The second-order valence-electron chi connectivity index (χ2n) is 9.71. The predicted octanol–water partition coefficient (Wildman–Crippen LogP) is 9.06. The van der Waals surface area contributed by atoms with Crippen molar-refractivity contribution < 1.29 is 25.1 Å². The molecule has 0 amide bonds. The molecule has 0 heterocycles. The summed E-state index contributed by atoms with van der Waals surface area (Å²) in [4.78, 5) is 0. The molecule has 1 nitrogen and oxygen atoms in total. The summed E-state index contributed by atoms with van der Waals surface area (Å²) in [5.74, 6) is 0.905. The molecular weight excluding hydrogens is 519 g/mol. The first kappa shape index (κ1) is 34.1. The fourth-order valence-electron chi connectivity index (χ4n) is 3.51. The maximum atomic E-state index is 9.18. The summed E-state index contributed by atoms with van der Waals surface area (Å²) < 4.78 is 1.33. The molecule has 0 radical (unpaired) electrons. The summed E-state index contributed by atoms with van der Waals surface area (Å²) in [5.41, 5.74) is 8.11. The zero-order chi connectivity index (χ0) is 25.3. The molecule has 0 saturated heterocycles. The van der Waals surface area contributed by atoms with Crippen molar-refractivity contribution in [3.63, 3.8) is 0 Å². The molecule has 1 aliphatic rings. The van der Waals surface area contributed by atoms with E-state index >= 15 is 0 Å². The zero-order valence-electron chi connectivity index (χ0n) is 22.4. The van der Waals surface area contributed by atoms with Crippen LogP contribution in [-0.2, 0) is 25.4 Å². The number of aromatic hydroxyl groups is 1. The molecule has 191 valence electrons. The Balaban J connectivity index is 0.000000509. The van der Waals surface area contributed by atoms with Crippen LogP contribution in [0.25, 0.3) is 0 Å². The Morgan fingerprint density at radius 1 is 0.778 bits per heavy atom. The van der Waals surface area contributed by atoms with E-state index in [1.807, 2.05) is 24.3 Å². The molecular formula is C32H39Cl2OTi. The van der Waals surface area contributed by atoms with Crippen molar-refractivity contribution in [3.05, 3.63) is 124 Å². The van der Waals surface area contributed by atoms with Crippen LogP contribution in [0.5, 0.6) is 5.75 Å². The molecule has 1 atom stereocenters. The minimum absolute atomic E-state index is 0. The first-order valence-electron chi connectivity index (χ1n) is 11.8. The quantitative estimate of drug-likeness (QED) is 0.246. The molecule has 0 aliphatic heterocycles. The number of halogens is 2. The van der Waals surface area contributed by atoms with E-state index in [-0.39, 0.29) is 30.2 Å². The van der Waals surface area contributed by atoms with Crippen molar-refractivity contribution >= 4 is 28.6 Å². The predicted molar refractivity (Wildman–Crippen MR) is 157 cm³/mol. The van der Waals surface area contributed by atoms with Crippen molar-refractivity contribution in [3.8, 4) is 5.75 Å². The van der Waals surface area contributed by atoms with E-state index < -0.39 is 0 Å². The summed E-state index contributed by atoms with van der Waals surface area (Å²) in [6.07, 6.45) is 3.36. The maximum absolute atomic E-state index is 9.18. The van der Waals surface area contributed by atoms with Crippen LogP contribution in [0, 0.1) is 12.0 Å². The number of benzene rings is 3. The molecule has 1 N–H and O–H groups in total. The van der Waals surface area contributed by atoms with E-state index in [0.29, 0.717) is 11.7 Å². The summed E-state index contributed by atoms with van der Waals surface area (Å²) in [5, 5.41) is 9.18. The SMILES string of the molecule is CC(C)(C)c1cccc(O)c1.CC1=[C-]C(C)C(C)=C1C.Cl.Cl.[Ti+]=[C](c1ccccc1)c1ccccc1. The van der Waals surface area contributed by atoms with Crippen LogP contribution >= 0.6 is 24.8 Å². The van der Waals surface area contributed by atoms with Crippen molar-refractivity contribution in [2.75, 3.05) is 0 Å². The molecule has 0 spiro atoms. The molecule has 4 rings (SSSR count). The second kappa shape index (κ2) is 16.1. The fraction of sp³-hybridized carbons (Fsp3) is 0.281. The number of rotatable bonds is 2. The molecule has 0 saturated carbocycles. The van der Waals surface area contributed by atoms with E-state index in [1.165, 1.54) is 31.7 Å². The van der Waals surface area contributed by atoms with Crippen LogP contribution in [-0.4, -0.2) is 8.92 Å². The van der Waals surface area contributed by atoms with Gasteiger partial charge in [0, 0.05) is 0 Å². The Bertz CT molecular complexity index is 1100. The van der Waals surface area contributed by atoms with Crippen molar-refractivity contribution in [2.24, 2.45) is 5.92 Å². The van der Waals surface area contributed by atoms with Gasteiger partial charge in [0.05, 0.1) is 0 Å². The third-order valence-electron chi connectivity index (χ3n) is 6.07. The summed E-state index contributed by atoms with van der Waals surface area (Å²) in [7, 11) is 0. The number of phenolic OH excluding ortho intramolecular Hbond substituents is 1. The van der Waals surface area contributed by atoms with Crippen LogP contribution in [0.1, 0.15) is 65.2 Å². The topological polar surface area (TPSA) is 20.2 Å². The Kier molecular flexibility index (Phi) is 15.2. The van der Waals surface area contributed by atoms with Gasteiger partial charge in [0.2, 0.25) is 0 Å². The number of phenols is 1. The average Bonchev–Trinajstić information content (AvgIpc) is 3.05. The Morgan fingerprint density at radius 3 is 1.53 bits per heavy atom. The number of allylic oxidation sites excluding steroid dienone is 4. The summed E-state index contributed by atoms with van der Waals surface area (Å²) in [6.45, 7) is 15.0. The van der Waals surface area contributed by atoms with Gasteiger partial charge in [-0.2, -0.15) is 11.1 Å². The van der Waals surface area contributed by atoms with Gasteiger partial charge in [0.25, 0.3) is 0 Å². The minimum atomic E-state index is 0. The average molecular weight is 558 g/mol. The van der Waals surface area contributed by atoms with Crippen molar-refractivity contribution in [1.29, 1.82) is 0 Å².